The molecule has 0 atom stereocenters. The summed E-state index contributed by atoms with van der Waals surface area (Å²) in [6.07, 6.45) is 11.7. The van der Waals surface area contributed by atoms with Crippen molar-refractivity contribution in [3.05, 3.63) is 65.9 Å². The topological polar surface area (TPSA) is 119 Å². The van der Waals surface area contributed by atoms with Crippen molar-refractivity contribution < 1.29 is 4.79 Å². The number of anilines is 1. The number of thiophene rings is 1. The molecular formula is C31H36N6OS. The molecule has 0 spiro atoms. The smallest absolute Gasteiger partial charge is 0.270 e. The van der Waals surface area contributed by atoms with Crippen molar-refractivity contribution in [2.75, 3.05) is 5.32 Å². The molecule has 0 unspecified atom stereocenters. The lowest BCUT2D eigenvalue weighted by Crippen LogP contribution is -2.40. The maximum atomic E-state index is 12.8. The van der Waals surface area contributed by atoms with Crippen LogP contribution >= 0.6 is 11.3 Å². The second-order valence-electron chi connectivity index (χ2n) is 11.0. The van der Waals surface area contributed by atoms with Crippen LogP contribution in [0.2, 0.25) is 0 Å². The molecular weight excluding hydrogens is 504 g/mol. The molecule has 6 rings (SSSR count). The summed E-state index contributed by atoms with van der Waals surface area (Å²) in [6, 6.07) is 15.5. The lowest BCUT2D eigenvalue weighted by Gasteiger charge is -2.29. The molecule has 7 nitrogen and oxygen atoms in total. The number of hydrogen-bond donors (Lipinski definition) is 4. The fourth-order valence-electron chi connectivity index (χ4n) is 5.84. The first-order valence-corrected chi connectivity index (χ1v) is 14.9. The molecule has 1 amide bonds. The van der Waals surface area contributed by atoms with Gasteiger partial charge < -0.3 is 22.1 Å². The highest BCUT2D eigenvalue weighted by atomic mass is 32.1. The van der Waals surface area contributed by atoms with Gasteiger partial charge in [-0.2, -0.15) is 0 Å². The van der Waals surface area contributed by atoms with Gasteiger partial charge in [-0.05, 0) is 86.6 Å². The Kier molecular flexibility index (Phi) is 7.59. The van der Waals surface area contributed by atoms with Crippen LogP contribution in [0.3, 0.4) is 0 Å². The fourth-order valence-corrected chi connectivity index (χ4v) is 6.58. The summed E-state index contributed by atoms with van der Waals surface area (Å²) < 4.78 is 0. The molecule has 0 radical (unpaired) electrons. The highest BCUT2D eigenvalue weighted by Crippen LogP contribution is 2.39. The van der Waals surface area contributed by atoms with Crippen LogP contribution in [0.4, 0.5) is 5.69 Å². The Morgan fingerprint density at radius 2 is 1.54 bits per heavy atom. The van der Waals surface area contributed by atoms with Crippen molar-refractivity contribution in [1.82, 2.24) is 15.3 Å². The van der Waals surface area contributed by atoms with Gasteiger partial charge >= 0.3 is 0 Å². The zero-order valence-electron chi connectivity index (χ0n) is 22.1. The van der Waals surface area contributed by atoms with Crippen LogP contribution in [0.1, 0.15) is 61.9 Å². The van der Waals surface area contributed by atoms with Crippen LogP contribution in [0.15, 0.2) is 60.2 Å². The third-order valence-electron chi connectivity index (χ3n) is 8.21. The number of carbonyl (C=O) groups is 1. The first-order chi connectivity index (χ1) is 19.0. The molecule has 2 saturated carbocycles. The van der Waals surface area contributed by atoms with E-state index < -0.39 is 0 Å². The van der Waals surface area contributed by atoms with E-state index in [9.17, 15) is 4.79 Å². The van der Waals surface area contributed by atoms with Gasteiger partial charge in [-0.15, -0.1) is 11.3 Å². The SMILES string of the molecule is NC1CCC(NC(=O)c2ccc(-c3ccc4ncc(-c5cccs5)c(NC5CCC(N)CC5)c4c3)cn2)CC1. The van der Waals surface area contributed by atoms with E-state index in [4.69, 9.17) is 16.5 Å². The largest absolute Gasteiger partial charge is 0.381 e. The second-order valence-corrected chi connectivity index (χ2v) is 12.0. The highest BCUT2D eigenvalue weighted by Gasteiger charge is 2.23. The molecule has 0 aliphatic heterocycles. The number of nitrogens with one attached hydrogen (secondary N) is 2. The molecule has 0 saturated heterocycles. The van der Waals surface area contributed by atoms with Gasteiger partial charge in [0, 0.05) is 58.0 Å². The molecule has 2 aliphatic carbocycles. The Balaban J connectivity index is 1.28. The highest BCUT2D eigenvalue weighted by molar-refractivity contribution is 7.13. The van der Waals surface area contributed by atoms with E-state index in [1.807, 2.05) is 18.3 Å². The van der Waals surface area contributed by atoms with Gasteiger partial charge in [0.1, 0.15) is 5.69 Å². The summed E-state index contributed by atoms with van der Waals surface area (Å²) >= 11 is 1.72. The van der Waals surface area contributed by atoms with Gasteiger partial charge in [-0.3, -0.25) is 14.8 Å². The van der Waals surface area contributed by atoms with Crippen molar-refractivity contribution in [2.45, 2.75) is 75.5 Å². The third-order valence-corrected chi connectivity index (χ3v) is 9.11. The quantitative estimate of drug-likeness (QED) is 0.249. The lowest BCUT2D eigenvalue weighted by atomic mass is 9.91. The first kappa shape index (κ1) is 25.9. The van der Waals surface area contributed by atoms with Crippen LogP contribution in [-0.4, -0.2) is 40.0 Å². The standard InChI is InChI=1S/C31H36N6OS/c32-21-5-9-23(10-6-21)36-30-25-16-19(3-13-27(25)35-18-26(30)29-2-1-15-39-29)20-4-14-28(34-17-20)31(38)37-24-11-7-22(33)8-12-24/h1-4,13-18,21-24H,5-12,32-33H2,(H,35,36)(H,37,38). The maximum Gasteiger partial charge on any atom is 0.270 e. The minimum atomic E-state index is -0.121. The summed E-state index contributed by atoms with van der Waals surface area (Å²) in [5, 5.41) is 10.2. The number of hydrogen-bond acceptors (Lipinski definition) is 7. The summed E-state index contributed by atoms with van der Waals surface area (Å²) in [4.78, 5) is 23.3. The number of carbonyl (C=O) groups excluding carboxylic acids is 1. The van der Waals surface area contributed by atoms with Crippen LogP contribution in [0.25, 0.3) is 32.5 Å². The predicted octanol–water partition coefficient (Wildman–Crippen LogP) is 5.71. The Hall–Kier alpha value is -3.33. The monoisotopic (exact) mass is 540 g/mol. The number of amides is 1. The van der Waals surface area contributed by atoms with Gasteiger partial charge in [0.25, 0.3) is 5.91 Å². The van der Waals surface area contributed by atoms with Crippen LogP contribution in [0.5, 0.6) is 0 Å². The zero-order chi connectivity index (χ0) is 26.8. The van der Waals surface area contributed by atoms with E-state index in [2.05, 4.69) is 51.3 Å². The number of aromatic nitrogens is 2. The normalized spacial score (nSPS) is 23.4. The van der Waals surface area contributed by atoms with Crippen molar-refractivity contribution >= 4 is 33.8 Å². The lowest BCUT2D eigenvalue weighted by molar-refractivity contribution is 0.0921. The second kappa shape index (κ2) is 11.4. The molecule has 3 aromatic heterocycles. The predicted molar refractivity (Wildman–Crippen MR) is 160 cm³/mol. The zero-order valence-corrected chi connectivity index (χ0v) is 22.9. The number of nitrogens with zero attached hydrogens (tertiary/aromatic N) is 2. The number of benzene rings is 1. The summed E-state index contributed by atoms with van der Waals surface area (Å²) in [5.74, 6) is -0.121. The Morgan fingerprint density at radius 3 is 2.21 bits per heavy atom. The molecule has 4 aromatic rings. The number of pyridine rings is 2. The first-order valence-electron chi connectivity index (χ1n) is 14.0. The van der Waals surface area contributed by atoms with Crippen molar-refractivity contribution in [2.24, 2.45) is 11.5 Å². The third kappa shape index (κ3) is 5.83. The average Bonchev–Trinajstić information content (AvgIpc) is 3.50. The minimum absolute atomic E-state index is 0.121. The molecule has 8 heteroatoms. The van der Waals surface area contributed by atoms with E-state index in [1.54, 1.807) is 17.5 Å². The van der Waals surface area contributed by atoms with Crippen molar-refractivity contribution in [1.29, 1.82) is 0 Å². The van der Waals surface area contributed by atoms with Gasteiger partial charge in [0.05, 0.1) is 11.2 Å². The molecule has 202 valence electrons. The van der Waals surface area contributed by atoms with E-state index in [-0.39, 0.29) is 18.0 Å². The Labute approximate surface area is 233 Å². The molecule has 2 aliphatic rings. The van der Waals surface area contributed by atoms with Gasteiger partial charge in [-0.1, -0.05) is 18.2 Å². The van der Waals surface area contributed by atoms with Crippen LogP contribution < -0.4 is 22.1 Å². The van der Waals surface area contributed by atoms with Crippen LogP contribution in [0, 0.1) is 0 Å². The number of fused-ring (bicyclic) bond motifs is 1. The van der Waals surface area contributed by atoms with Gasteiger partial charge in [-0.25, -0.2) is 0 Å². The van der Waals surface area contributed by atoms with Crippen molar-refractivity contribution in [3.8, 4) is 21.6 Å². The molecule has 6 N–H and O–H groups in total. The summed E-state index contributed by atoms with van der Waals surface area (Å²) in [7, 11) is 0. The summed E-state index contributed by atoms with van der Waals surface area (Å²) in [6.45, 7) is 0. The van der Waals surface area contributed by atoms with Gasteiger partial charge in [0.15, 0.2) is 0 Å². The molecule has 3 heterocycles. The van der Waals surface area contributed by atoms with Gasteiger partial charge in [0.2, 0.25) is 0 Å². The maximum absolute atomic E-state index is 12.8. The molecule has 2 fully saturated rings. The molecule has 1 aromatic carbocycles. The fraction of sp³-hybridized carbons (Fsp3) is 0.387. The van der Waals surface area contributed by atoms with Crippen LogP contribution in [-0.2, 0) is 0 Å². The van der Waals surface area contributed by atoms with Crippen molar-refractivity contribution in [3.63, 3.8) is 0 Å². The van der Waals surface area contributed by atoms with E-state index in [0.717, 1.165) is 84.6 Å². The van der Waals surface area contributed by atoms with E-state index in [0.29, 0.717) is 17.8 Å². The van der Waals surface area contributed by atoms with E-state index in [1.165, 1.54) is 4.88 Å². The number of rotatable bonds is 6. The molecule has 0 bridgehead atoms. The van der Waals surface area contributed by atoms with E-state index >= 15 is 0 Å². The minimum Gasteiger partial charge on any atom is -0.381 e. The summed E-state index contributed by atoms with van der Waals surface area (Å²) in [5.41, 5.74) is 17.8. The molecule has 39 heavy (non-hydrogen) atoms. The average molecular weight is 541 g/mol. The Morgan fingerprint density at radius 1 is 0.821 bits per heavy atom. The number of nitrogens with two attached hydrogens (primary N) is 2. The Bertz CT molecular complexity index is 1420.